The van der Waals surface area contributed by atoms with Gasteiger partial charge in [0.1, 0.15) is 5.84 Å². The summed E-state index contributed by atoms with van der Waals surface area (Å²) in [5.74, 6) is 0.484. The van der Waals surface area contributed by atoms with Crippen LogP contribution < -0.4 is 5.73 Å². The molecule has 0 saturated carbocycles. The number of para-hydroxylation sites is 2. The van der Waals surface area contributed by atoms with E-state index in [2.05, 4.69) is 151 Å². The largest absolute Gasteiger partial charge is 0.383 e. The van der Waals surface area contributed by atoms with Crippen molar-refractivity contribution in [1.29, 1.82) is 0 Å². The lowest BCUT2D eigenvalue weighted by Gasteiger charge is -2.39. The smallest absolute Gasteiger partial charge is 0.131 e. The lowest BCUT2D eigenvalue weighted by molar-refractivity contribution is 0.748. The first-order valence-corrected chi connectivity index (χ1v) is 19.6. The number of allylic oxidation sites excluding steroid dienone is 4. The Bertz CT molecular complexity index is 3030. The fraction of sp³-hybridized carbons (Fsp3) is 0.0556. The minimum atomic E-state index is -0.544. The number of nitrogens with two attached hydrogens (primary N) is 1. The Balaban J connectivity index is 1.12. The second kappa shape index (κ2) is 12.8. The van der Waals surface area contributed by atoms with Gasteiger partial charge in [0.05, 0.1) is 27.8 Å². The number of nitrogens with zero attached hydrogens (tertiary/aromatic N) is 2. The maximum absolute atomic E-state index is 6.99. The van der Waals surface area contributed by atoms with Gasteiger partial charge in [-0.1, -0.05) is 146 Å². The first kappa shape index (κ1) is 33.0. The van der Waals surface area contributed by atoms with Gasteiger partial charge in [-0.3, -0.25) is 0 Å². The van der Waals surface area contributed by atoms with Crippen LogP contribution in [0.5, 0.6) is 0 Å². The van der Waals surface area contributed by atoms with E-state index in [1.165, 1.54) is 66.4 Å². The summed E-state index contributed by atoms with van der Waals surface area (Å²) in [6, 6.07) is 63.1. The number of amidine groups is 1. The van der Waals surface area contributed by atoms with E-state index in [4.69, 9.17) is 10.7 Å². The molecule has 2 N–H and O–H groups in total. The summed E-state index contributed by atoms with van der Waals surface area (Å²) in [6.07, 6.45) is 8.26. The van der Waals surface area contributed by atoms with E-state index in [1.54, 1.807) is 0 Å². The Morgan fingerprint density at radius 1 is 0.719 bits per heavy atom. The van der Waals surface area contributed by atoms with E-state index < -0.39 is 5.41 Å². The molecule has 2 heterocycles. The summed E-state index contributed by atoms with van der Waals surface area (Å²) in [5, 5.41) is 2.49. The van der Waals surface area contributed by atoms with Crippen LogP contribution in [0, 0.1) is 12.1 Å². The lowest BCUT2D eigenvalue weighted by atomic mass is 9.65. The maximum atomic E-state index is 6.99. The van der Waals surface area contributed by atoms with Gasteiger partial charge < -0.3 is 10.3 Å². The molecule has 1 aliphatic heterocycles. The molecule has 0 bridgehead atoms. The summed E-state index contributed by atoms with van der Waals surface area (Å²) >= 11 is 0. The summed E-state index contributed by atoms with van der Waals surface area (Å²) in [7, 11) is 0. The number of aliphatic imine (C=N–C) groups is 1. The van der Waals surface area contributed by atoms with Crippen LogP contribution in [0.2, 0.25) is 0 Å². The molecule has 0 saturated heterocycles. The maximum Gasteiger partial charge on any atom is 0.131 e. The molecule has 2 aliphatic carbocycles. The Hall–Kier alpha value is -7.41. The predicted octanol–water partition coefficient (Wildman–Crippen LogP) is 12.3. The van der Waals surface area contributed by atoms with E-state index in [-0.39, 0.29) is 0 Å². The van der Waals surface area contributed by atoms with Crippen molar-refractivity contribution in [3.8, 4) is 16.8 Å². The molecule has 1 spiro atoms. The highest BCUT2D eigenvalue weighted by atomic mass is 15.0. The normalized spacial score (nSPS) is 15.1. The second-order valence-electron chi connectivity index (χ2n) is 15.1. The van der Waals surface area contributed by atoms with Crippen molar-refractivity contribution >= 4 is 44.5 Å². The highest BCUT2D eigenvalue weighted by Gasteiger charge is 2.51. The Kier molecular flexibility index (Phi) is 7.43. The minimum Gasteiger partial charge on any atom is -0.383 e. The Morgan fingerprint density at radius 3 is 2.28 bits per heavy atom. The zero-order valence-electron chi connectivity index (χ0n) is 31.3. The van der Waals surface area contributed by atoms with Gasteiger partial charge in [0.2, 0.25) is 0 Å². The third-order valence-electron chi connectivity index (χ3n) is 12.1. The molecule has 0 fully saturated rings. The van der Waals surface area contributed by atoms with Gasteiger partial charge in [-0.15, -0.1) is 0 Å². The Labute approximate surface area is 332 Å². The molecule has 57 heavy (non-hydrogen) atoms. The van der Waals surface area contributed by atoms with Crippen molar-refractivity contribution in [2.24, 2.45) is 10.7 Å². The summed E-state index contributed by atoms with van der Waals surface area (Å²) in [4.78, 5) is 5.11. The van der Waals surface area contributed by atoms with Gasteiger partial charge >= 0.3 is 0 Å². The molecular weight excluding hydrogens is 691 g/mol. The van der Waals surface area contributed by atoms with Crippen LogP contribution >= 0.6 is 0 Å². The summed E-state index contributed by atoms with van der Waals surface area (Å²) in [5.41, 5.74) is 24.6. The highest BCUT2D eigenvalue weighted by Crippen LogP contribution is 2.61. The number of hydrogen-bond acceptors (Lipinski definition) is 1. The monoisotopic (exact) mass is 727 g/mol. The van der Waals surface area contributed by atoms with E-state index in [9.17, 15) is 0 Å². The molecule has 11 rings (SSSR count). The zero-order valence-corrected chi connectivity index (χ0v) is 31.3. The number of fused-ring (bicyclic) bond motifs is 12. The van der Waals surface area contributed by atoms with Crippen molar-refractivity contribution in [2.45, 2.75) is 18.3 Å². The summed E-state index contributed by atoms with van der Waals surface area (Å²) in [6.45, 7) is 4.39. The van der Waals surface area contributed by atoms with E-state index in [0.29, 0.717) is 5.84 Å². The molecular formula is C54H37N3. The van der Waals surface area contributed by atoms with Crippen molar-refractivity contribution in [2.75, 3.05) is 0 Å². The van der Waals surface area contributed by atoms with Crippen LogP contribution in [-0.2, 0) is 5.41 Å². The topological polar surface area (TPSA) is 43.3 Å². The number of hydrogen-bond donors (Lipinski definition) is 1. The van der Waals surface area contributed by atoms with Crippen molar-refractivity contribution in [3.63, 3.8) is 0 Å². The number of aromatic nitrogens is 1. The third-order valence-corrected chi connectivity index (χ3v) is 12.1. The average molecular weight is 728 g/mol. The third kappa shape index (κ3) is 4.91. The van der Waals surface area contributed by atoms with Gasteiger partial charge in [-0.25, -0.2) is 4.99 Å². The van der Waals surface area contributed by atoms with E-state index in [1.807, 2.05) is 48.5 Å². The predicted molar refractivity (Wildman–Crippen MR) is 236 cm³/mol. The van der Waals surface area contributed by atoms with Crippen LogP contribution in [0.15, 0.2) is 193 Å². The van der Waals surface area contributed by atoms with E-state index in [0.717, 1.165) is 46.4 Å². The van der Waals surface area contributed by atoms with Crippen molar-refractivity contribution in [3.05, 3.63) is 239 Å². The average Bonchev–Trinajstić information content (AvgIpc) is 3.77. The standard InChI is InChI=1S/C54H37N3/c1-35(36-17-4-2-5-18-36)31-49(37-19-6-3-7-20-37)56-53(55)39-22-16-21-38(32-39)40-33-44-43-25-10-14-29-50(43)57-51-30-15-13-28-47(51)54(48(34-40)52(44)57)45-26-11-8-23-41(45)42-24-9-12-27-46(42)54/h2-8,10-15,17-20,22-23,25-34H,1,16,21H2,(H2,55,56)/b49-31-. The Morgan fingerprint density at radius 2 is 1.44 bits per heavy atom. The van der Waals surface area contributed by atoms with Crippen LogP contribution in [0.3, 0.4) is 0 Å². The lowest BCUT2D eigenvalue weighted by Crippen LogP contribution is -2.33. The number of benzene rings is 6. The van der Waals surface area contributed by atoms with E-state index >= 15 is 0 Å². The molecule has 268 valence electrons. The van der Waals surface area contributed by atoms with Crippen LogP contribution in [-0.4, -0.2) is 10.4 Å². The number of rotatable bonds is 6. The van der Waals surface area contributed by atoms with Crippen LogP contribution in [0.4, 0.5) is 0 Å². The molecule has 1 aromatic heterocycles. The molecule has 1 atom stereocenters. The first-order chi connectivity index (χ1) is 28.1. The molecule has 3 heteroatoms. The van der Waals surface area contributed by atoms with Gasteiger partial charge in [-0.2, -0.15) is 0 Å². The summed E-state index contributed by atoms with van der Waals surface area (Å²) < 4.78 is 2.50. The first-order valence-electron chi connectivity index (χ1n) is 19.6. The van der Waals surface area contributed by atoms with Crippen LogP contribution in [0.1, 0.15) is 51.8 Å². The molecule has 3 aliphatic rings. The second-order valence-corrected chi connectivity index (χ2v) is 15.1. The van der Waals surface area contributed by atoms with Crippen LogP contribution in [0.25, 0.3) is 55.5 Å². The zero-order chi connectivity index (χ0) is 38.1. The molecule has 1 unspecified atom stereocenters. The SMILES string of the molecule is C=C(/C=C(\N=C(N)C1=CCCC(c2cc3c4c(c2)c2ccccc2n4-c2ccccc2C32c3ccc#cc3-c3ccccc32)=C1)c1ccccc1)c1ccccc1. The molecule has 8 aromatic rings. The molecule has 0 amide bonds. The highest BCUT2D eigenvalue weighted by molar-refractivity contribution is 6.14. The molecule has 7 aromatic carbocycles. The quantitative estimate of drug-likeness (QED) is 0.103. The fourth-order valence-corrected chi connectivity index (χ4v) is 9.61. The minimum absolute atomic E-state index is 0.484. The van der Waals surface area contributed by atoms with Gasteiger partial charge in [-0.05, 0) is 111 Å². The van der Waals surface area contributed by atoms with Crippen molar-refractivity contribution < 1.29 is 0 Å². The fourth-order valence-electron chi connectivity index (χ4n) is 9.61. The molecule has 0 radical (unpaired) electrons. The van der Waals surface area contributed by atoms with Gasteiger partial charge in [0.25, 0.3) is 0 Å². The van der Waals surface area contributed by atoms with Gasteiger partial charge in [0, 0.05) is 27.5 Å². The van der Waals surface area contributed by atoms with Crippen molar-refractivity contribution in [1.82, 2.24) is 4.57 Å². The molecule has 3 nitrogen and oxygen atoms in total. The van der Waals surface area contributed by atoms with Gasteiger partial charge in [0.15, 0.2) is 0 Å².